The third-order valence-electron chi connectivity index (χ3n) is 2.24. The number of nitrogens with zero attached hydrogens (tertiary/aromatic N) is 2. The van der Waals surface area contributed by atoms with Gasteiger partial charge in [0.1, 0.15) is 23.3 Å². The van der Waals surface area contributed by atoms with Crippen LogP contribution in [0.5, 0.6) is 0 Å². The molecule has 88 valence electrons. The normalized spacial score (nSPS) is 19.7. The fourth-order valence-corrected chi connectivity index (χ4v) is 2.90. The Labute approximate surface area is 91.5 Å². The van der Waals surface area contributed by atoms with E-state index in [2.05, 4.69) is 19.7 Å². The third kappa shape index (κ3) is 1.98. The molecule has 1 atom stereocenters. The highest BCUT2D eigenvalue weighted by atomic mass is 32.2. The fourth-order valence-electron chi connectivity index (χ4n) is 1.51. The number of aromatic nitrogens is 2. The summed E-state index contributed by atoms with van der Waals surface area (Å²) >= 11 is 0. The van der Waals surface area contributed by atoms with Crippen molar-refractivity contribution in [2.24, 2.45) is 0 Å². The van der Waals surface area contributed by atoms with Crippen LogP contribution in [0, 0.1) is 0 Å². The summed E-state index contributed by atoms with van der Waals surface area (Å²) in [6.07, 6.45) is 3.60. The van der Waals surface area contributed by atoms with Crippen molar-refractivity contribution in [1.82, 2.24) is 15.0 Å². The topological polar surface area (TPSA) is 85.1 Å². The van der Waals surface area contributed by atoms with Gasteiger partial charge >= 0.3 is 0 Å². The van der Waals surface area contributed by atoms with Crippen LogP contribution in [0.4, 0.5) is 4.39 Å². The van der Waals surface area contributed by atoms with Crippen molar-refractivity contribution in [3.05, 3.63) is 17.5 Å². The molecule has 0 fully saturated rings. The van der Waals surface area contributed by atoms with Crippen molar-refractivity contribution in [1.29, 1.82) is 0 Å². The summed E-state index contributed by atoms with van der Waals surface area (Å²) < 4.78 is 42.2. The Bertz CT molecular complexity index is 496. The van der Waals surface area contributed by atoms with Crippen LogP contribution in [0.1, 0.15) is 23.1 Å². The molecule has 2 rings (SSSR count). The predicted molar refractivity (Wildman–Crippen MR) is 53.6 cm³/mol. The van der Waals surface area contributed by atoms with E-state index in [1.807, 2.05) is 0 Å². The second-order valence-electron chi connectivity index (χ2n) is 3.29. The molecule has 0 spiro atoms. The van der Waals surface area contributed by atoms with Crippen molar-refractivity contribution >= 4 is 16.1 Å². The van der Waals surface area contributed by atoms with Gasteiger partial charge in [0.2, 0.25) is 10.0 Å². The summed E-state index contributed by atoms with van der Waals surface area (Å²) in [7, 11) is -3.63. The lowest BCUT2D eigenvalue weighted by molar-refractivity contribution is 0.302. The molecule has 0 saturated carbocycles. The Hall–Kier alpha value is -1.28. The lowest BCUT2D eigenvalue weighted by Crippen LogP contribution is -2.31. The SMILES string of the molecule is O=S(=O)(NCCF)C1CC=Cc2nonc21. The summed E-state index contributed by atoms with van der Waals surface area (Å²) in [6, 6.07) is 0. The number of hydrogen-bond donors (Lipinski definition) is 1. The van der Waals surface area contributed by atoms with Gasteiger partial charge in [-0.3, -0.25) is 0 Å². The molecule has 0 aromatic carbocycles. The minimum atomic E-state index is -3.63. The van der Waals surface area contributed by atoms with E-state index in [-0.39, 0.29) is 18.7 Å². The zero-order valence-corrected chi connectivity index (χ0v) is 9.08. The van der Waals surface area contributed by atoms with Gasteiger partial charge in [-0.25, -0.2) is 22.2 Å². The van der Waals surface area contributed by atoms with Crippen LogP contribution in [0.3, 0.4) is 0 Å². The summed E-state index contributed by atoms with van der Waals surface area (Å²) in [6.45, 7) is -0.977. The summed E-state index contributed by atoms with van der Waals surface area (Å²) in [5.74, 6) is 0. The van der Waals surface area contributed by atoms with E-state index in [0.717, 1.165) is 0 Å². The van der Waals surface area contributed by atoms with Gasteiger partial charge in [-0.2, -0.15) is 0 Å². The molecule has 1 aromatic rings. The number of fused-ring (bicyclic) bond motifs is 1. The Morgan fingerprint density at radius 3 is 3.12 bits per heavy atom. The number of hydrogen-bond acceptors (Lipinski definition) is 5. The minimum absolute atomic E-state index is 0.233. The zero-order valence-electron chi connectivity index (χ0n) is 8.26. The molecule has 0 bridgehead atoms. The third-order valence-corrected chi connectivity index (χ3v) is 4.02. The van der Waals surface area contributed by atoms with Crippen LogP contribution in [0.15, 0.2) is 10.7 Å². The van der Waals surface area contributed by atoms with Crippen molar-refractivity contribution in [2.75, 3.05) is 13.2 Å². The van der Waals surface area contributed by atoms with E-state index >= 15 is 0 Å². The second-order valence-corrected chi connectivity index (χ2v) is 5.24. The number of nitrogens with one attached hydrogen (secondary N) is 1. The molecule has 1 heterocycles. The Morgan fingerprint density at radius 1 is 1.56 bits per heavy atom. The molecule has 1 N–H and O–H groups in total. The number of halogens is 1. The van der Waals surface area contributed by atoms with Crippen LogP contribution < -0.4 is 4.72 Å². The van der Waals surface area contributed by atoms with E-state index in [4.69, 9.17) is 0 Å². The highest BCUT2D eigenvalue weighted by Crippen LogP contribution is 2.30. The largest absolute Gasteiger partial charge is 0.250 e. The number of sulfonamides is 1. The van der Waals surface area contributed by atoms with E-state index in [1.54, 1.807) is 12.2 Å². The quantitative estimate of drug-likeness (QED) is 0.833. The highest BCUT2D eigenvalue weighted by molar-refractivity contribution is 7.89. The highest BCUT2D eigenvalue weighted by Gasteiger charge is 2.33. The van der Waals surface area contributed by atoms with Gasteiger partial charge in [-0.05, 0) is 12.5 Å². The van der Waals surface area contributed by atoms with Crippen molar-refractivity contribution < 1.29 is 17.4 Å². The molecular formula is C8H10FN3O3S. The first-order valence-corrected chi connectivity index (χ1v) is 6.23. The van der Waals surface area contributed by atoms with Crippen molar-refractivity contribution in [2.45, 2.75) is 11.7 Å². The van der Waals surface area contributed by atoms with E-state index in [0.29, 0.717) is 5.69 Å². The van der Waals surface area contributed by atoms with Gasteiger partial charge in [-0.1, -0.05) is 16.4 Å². The molecule has 0 saturated heterocycles. The smallest absolute Gasteiger partial charge is 0.220 e. The summed E-state index contributed by atoms with van der Waals surface area (Å²) in [4.78, 5) is 0. The lowest BCUT2D eigenvalue weighted by Gasteiger charge is -2.16. The van der Waals surface area contributed by atoms with E-state index in [9.17, 15) is 12.8 Å². The molecule has 1 aliphatic rings. The fraction of sp³-hybridized carbons (Fsp3) is 0.500. The van der Waals surface area contributed by atoms with Gasteiger partial charge in [-0.15, -0.1) is 0 Å². The minimum Gasteiger partial charge on any atom is -0.250 e. The second kappa shape index (κ2) is 4.30. The Kier molecular flexibility index (Phi) is 3.01. The molecule has 1 unspecified atom stereocenters. The standard InChI is InChI=1S/C8H10FN3O3S/c9-4-5-10-16(13,14)7-3-1-2-6-8(7)12-15-11-6/h1-2,7,10H,3-5H2. The predicted octanol–water partition coefficient (Wildman–Crippen LogP) is 0.416. The molecule has 1 aliphatic carbocycles. The van der Waals surface area contributed by atoms with Gasteiger partial charge in [0, 0.05) is 6.54 Å². The maximum Gasteiger partial charge on any atom is 0.220 e. The Morgan fingerprint density at radius 2 is 2.38 bits per heavy atom. The van der Waals surface area contributed by atoms with Gasteiger partial charge in [0.25, 0.3) is 0 Å². The van der Waals surface area contributed by atoms with Crippen LogP contribution in [0.25, 0.3) is 6.08 Å². The van der Waals surface area contributed by atoms with Crippen LogP contribution in [-0.4, -0.2) is 32.0 Å². The van der Waals surface area contributed by atoms with Crippen LogP contribution >= 0.6 is 0 Å². The van der Waals surface area contributed by atoms with Crippen molar-refractivity contribution in [3.8, 4) is 0 Å². The van der Waals surface area contributed by atoms with Crippen molar-refractivity contribution in [3.63, 3.8) is 0 Å². The lowest BCUT2D eigenvalue weighted by atomic mass is 10.1. The van der Waals surface area contributed by atoms with Crippen LogP contribution in [-0.2, 0) is 10.0 Å². The first kappa shape index (κ1) is 11.2. The summed E-state index contributed by atoms with van der Waals surface area (Å²) in [5, 5.41) is 6.27. The number of allylic oxidation sites excluding steroid dienone is 1. The molecule has 0 amide bonds. The first-order chi connectivity index (χ1) is 7.65. The summed E-state index contributed by atoms with van der Waals surface area (Å²) in [5.41, 5.74) is 0.677. The maximum atomic E-state index is 11.9. The molecule has 0 aliphatic heterocycles. The average Bonchev–Trinajstić information content (AvgIpc) is 2.73. The van der Waals surface area contributed by atoms with Crippen LogP contribution in [0.2, 0.25) is 0 Å². The number of rotatable bonds is 4. The Balaban J connectivity index is 2.27. The zero-order chi connectivity index (χ0) is 11.6. The van der Waals surface area contributed by atoms with E-state index in [1.165, 1.54) is 0 Å². The monoisotopic (exact) mass is 247 g/mol. The molecule has 0 radical (unpaired) electrons. The molecule has 6 nitrogen and oxygen atoms in total. The number of alkyl halides is 1. The molecule has 1 aromatic heterocycles. The van der Waals surface area contributed by atoms with Gasteiger partial charge < -0.3 is 0 Å². The van der Waals surface area contributed by atoms with Gasteiger partial charge in [0.15, 0.2) is 0 Å². The molecule has 8 heteroatoms. The van der Waals surface area contributed by atoms with Gasteiger partial charge in [0.05, 0.1) is 0 Å². The average molecular weight is 247 g/mol. The first-order valence-electron chi connectivity index (χ1n) is 4.68. The van der Waals surface area contributed by atoms with E-state index < -0.39 is 21.9 Å². The maximum absolute atomic E-state index is 11.9. The molecule has 16 heavy (non-hydrogen) atoms. The molecular weight excluding hydrogens is 237 g/mol.